The first-order chi connectivity index (χ1) is 16.0. The third kappa shape index (κ3) is 4.64. The van der Waals surface area contributed by atoms with E-state index < -0.39 is 18.0 Å². The molecule has 0 fully saturated rings. The van der Waals surface area contributed by atoms with Crippen molar-refractivity contribution in [3.05, 3.63) is 89.4 Å². The highest BCUT2D eigenvalue weighted by atomic mass is 16.5. The normalized spacial score (nSPS) is 12.6. The highest BCUT2D eigenvalue weighted by Gasteiger charge is 2.29. The van der Waals surface area contributed by atoms with Gasteiger partial charge in [-0.15, -0.1) is 0 Å². The molecule has 0 saturated heterocycles. The van der Waals surface area contributed by atoms with Gasteiger partial charge in [0.1, 0.15) is 6.61 Å². The maximum absolute atomic E-state index is 12.5. The minimum atomic E-state index is -1.07. The Bertz CT molecular complexity index is 1200. The van der Waals surface area contributed by atoms with Gasteiger partial charge in [-0.05, 0) is 29.2 Å². The highest BCUT2D eigenvalue weighted by molar-refractivity contribution is 6.00. The zero-order chi connectivity index (χ0) is 23.4. The molecule has 0 atom stereocenters. The molecule has 1 aliphatic carbocycles. The van der Waals surface area contributed by atoms with E-state index in [1.165, 1.54) is 25.3 Å². The number of carbonyl (C=O) groups excluding carboxylic acids is 2. The van der Waals surface area contributed by atoms with E-state index in [2.05, 4.69) is 22.8 Å². The summed E-state index contributed by atoms with van der Waals surface area (Å²) in [5.41, 5.74) is 4.71. The lowest BCUT2D eigenvalue weighted by Gasteiger charge is -2.14. The Balaban J connectivity index is 1.38. The number of aliphatic carboxylic acids is 1. The predicted molar refractivity (Wildman–Crippen MR) is 121 cm³/mol. The van der Waals surface area contributed by atoms with Crippen molar-refractivity contribution in [2.45, 2.75) is 12.8 Å². The molecule has 2 amide bonds. The largest absolute Gasteiger partial charge is 0.478 e. The van der Waals surface area contributed by atoms with Gasteiger partial charge < -0.3 is 19.6 Å². The number of amides is 2. The van der Waals surface area contributed by atoms with Gasteiger partial charge in [-0.2, -0.15) is 0 Å². The number of carbonyl (C=O) groups is 3. The third-order valence-electron chi connectivity index (χ3n) is 5.46. The maximum atomic E-state index is 12.5. The quantitative estimate of drug-likeness (QED) is 0.463. The first-order valence-corrected chi connectivity index (χ1v) is 10.3. The van der Waals surface area contributed by atoms with Crippen LogP contribution in [-0.2, 0) is 9.53 Å². The molecule has 1 aliphatic rings. The van der Waals surface area contributed by atoms with Gasteiger partial charge in [-0.25, -0.2) is 9.59 Å². The van der Waals surface area contributed by atoms with Gasteiger partial charge in [0.05, 0.1) is 12.0 Å². The Hall–Kier alpha value is -4.33. The van der Waals surface area contributed by atoms with Crippen molar-refractivity contribution in [2.75, 3.05) is 18.5 Å². The molecule has 0 saturated carbocycles. The van der Waals surface area contributed by atoms with Crippen LogP contribution in [-0.4, -0.2) is 36.2 Å². The fourth-order valence-electron chi connectivity index (χ4n) is 3.79. The average Bonchev–Trinajstić information content (AvgIpc) is 3.40. The van der Waals surface area contributed by atoms with Crippen molar-refractivity contribution in [3.63, 3.8) is 0 Å². The van der Waals surface area contributed by atoms with Gasteiger partial charge in [0, 0.05) is 24.1 Å². The number of ether oxygens (including phenoxy) is 1. The Morgan fingerprint density at radius 1 is 1.03 bits per heavy atom. The number of fused-ring (bicyclic) bond motifs is 3. The van der Waals surface area contributed by atoms with Crippen LogP contribution in [0.2, 0.25) is 0 Å². The summed E-state index contributed by atoms with van der Waals surface area (Å²) in [5.74, 6) is -1.85. The fourth-order valence-corrected chi connectivity index (χ4v) is 3.79. The van der Waals surface area contributed by atoms with E-state index in [9.17, 15) is 14.4 Å². The summed E-state index contributed by atoms with van der Waals surface area (Å²) in [5, 5.41) is 13.9. The Labute approximate surface area is 189 Å². The monoisotopic (exact) mass is 446 g/mol. The molecule has 3 N–H and O–H groups in total. The van der Waals surface area contributed by atoms with Gasteiger partial charge in [0.15, 0.2) is 0 Å². The molecule has 8 nitrogen and oxygen atoms in total. The van der Waals surface area contributed by atoms with E-state index in [-0.39, 0.29) is 36.1 Å². The van der Waals surface area contributed by atoms with Crippen LogP contribution in [0.5, 0.6) is 0 Å². The molecular weight excluding hydrogens is 424 g/mol. The molecule has 168 valence electrons. The van der Waals surface area contributed by atoms with Crippen LogP contribution >= 0.6 is 0 Å². The van der Waals surface area contributed by atoms with Crippen molar-refractivity contribution >= 4 is 23.7 Å². The molecule has 2 aromatic carbocycles. The number of anilines is 1. The summed E-state index contributed by atoms with van der Waals surface area (Å²) in [6, 6.07) is 17.5. The van der Waals surface area contributed by atoms with Gasteiger partial charge in [0.2, 0.25) is 5.76 Å². The molecule has 0 unspecified atom stereocenters. The van der Waals surface area contributed by atoms with Crippen molar-refractivity contribution < 1.29 is 28.6 Å². The molecule has 3 aromatic rings. The molecule has 0 bridgehead atoms. The second-order valence-corrected chi connectivity index (χ2v) is 7.52. The van der Waals surface area contributed by atoms with E-state index in [4.69, 9.17) is 14.3 Å². The van der Waals surface area contributed by atoms with Crippen LogP contribution in [0, 0.1) is 0 Å². The Kier molecular flexibility index (Phi) is 6.26. The summed E-state index contributed by atoms with van der Waals surface area (Å²) in [4.78, 5) is 35.6. The Morgan fingerprint density at radius 3 is 2.30 bits per heavy atom. The van der Waals surface area contributed by atoms with Crippen LogP contribution in [0.1, 0.15) is 34.5 Å². The number of rotatable bonds is 7. The first-order valence-electron chi connectivity index (χ1n) is 10.3. The van der Waals surface area contributed by atoms with E-state index in [0.717, 1.165) is 22.3 Å². The minimum absolute atomic E-state index is 0.00203. The fraction of sp³-hybridized carbons (Fsp3) is 0.160. The number of benzene rings is 2. The van der Waals surface area contributed by atoms with E-state index in [1.807, 2.05) is 36.4 Å². The highest BCUT2D eigenvalue weighted by Crippen LogP contribution is 2.44. The number of carboxylic acids is 1. The van der Waals surface area contributed by atoms with Crippen LogP contribution < -0.4 is 10.6 Å². The molecule has 1 heterocycles. The number of hydrogen-bond acceptors (Lipinski definition) is 5. The first kappa shape index (κ1) is 21.9. The molecule has 0 aliphatic heterocycles. The summed E-state index contributed by atoms with van der Waals surface area (Å²) in [6.07, 6.45) is 1.92. The minimum Gasteiger partial charge on any atom is -0.478 e. The second-order valence-electron chi connectivity index (χ2n) is 7.52. The predicted octanol–water partition coefficient (Wildman–Crippen LogP) is 4.40. The number of hydrogen-bond donors (Lipinski definition) is 3. The van der Waals surface area contributed by atoms with E-state index in [0.29, 0.717) is 0 Å². The third-order valence-corrected chi connectivity index (χ3v) is 5.46. The summed E-state index contributed by atoms with van der Waals surface area (Å²) < 4.78 is 10.7. The Morgan fingerprint density at radius 2 is 1.67 bits per heavy atom. The summed E-state index contributed by atoms with van der Waals surface area (Å²) >= 11 is 0. The number of carboxylic acid groups (broad SMARTS) is 1. The second kappa shape index (κ2) is 9.44. The maximum Gasteiger partial charge on any atom is 0.411 e. The smallest absolute Gasteiger partial charge is 0.411 e. The molecule has 1 aromatic heterocycles. The van der Waals surface area contributed by atoms with Crippen LogP contribution in [0.25, 0.3) is 11.1 Å². The lowest BCUT2D eigenvalue weighted by Crippen LogP contribution is -2.25. The van der Waals surface area contributed by atoms with Crippen LogP contribution in [0.15, 0.2) is 76.9 Å². The molecule has 4 rings (SSSR count). The van der Waals surface area contributed by atoms with Gasteiger partial charge in [-0.1, -0.05) is 54.6 Å². The molecular formula is C25H22N2O6. The van der Waals surface area contributed by atoms with Crippen molar-refractivity contribution in [2.24, 2.45) is 0 Å². The lowest BCUT2D eigenvalue weighted by atomic mass is 9.98. The van der Waals surface area contributed by atoms with Crippen molar-refractivity contribution in [1.29, 1.82) is 0 Å². The van der Waals surface area contributed by atoms with E-state index in [1.54, 1.807) is 0 Å². The standard InChI is InChI=1S/C25H22N2O6/c1-15(24(29)30)10-12-26-23(28)22-21(11-13-32-22)27-25(31)33-14-20-18-8-4-2-6-16(18)17-7-3-5-9-19(17)20/h2-11,13,20H,12,14H2,1H3,(H,26,28)(H,27,31)(H,29,30)/b15-10+. The number of furan rings is 1. The van der Waals surface area contributed by atoms with Gasteiger partial charge >= 0.3 is 12.1 Å². The molecule has 8 heteroatoms. The van der Waals surface area contributed by atoms with E-state index >= 15 is 0 Å². The van der Waals surface area contributed by atoms with Crippen LogP contribution in [0.3, 0.4) is 0 Å². The van der Waals surface area contributed by atoms with Crippen molar-refractivity contribution in [3.8, 4) is 11.1 Å². The van der Waals surface area contributed by atoms with Gasteiger partial charge in [0.25, 0.3) is 5.91 Å². The summed E-state index contributed by atoms with van der Waals surface area (Å²) in [6.45, 7) is 1.56. The lowest BCUT2D eigenvalue weighted by molar-refractivity contribution is -0.132. The molecule has 0 spiro atoms. The number of nitrogens with one attached hydrogen (secondary N) is 2. The summed E-state index contributed by atoms with van der Waals surface area (Å²) in [7, 11) is 0. The molecule has 0 radical (unpaired) electrons. The topological polar surface area (TPSA) is 118 Å². The zero-order valence-electron chi connectivity index (χ0n) is 17.8. The van der Waals surface area contributed by atoms with Crippen LogP contribution in [0.4, 0.5) is 10.5 Å². The SMILES string of the molecule is C/C(=C\CNC(=O)c1occc1NC(=O)OCC1c2ccccc2-c2ccccc21)C(=O)O. The molecule has 33 heavy (non-hydrogen) atoms. The zero-order valence-corrected chi connectivity index (χ0v) is 17.8. The average molecular weight is 446 g/mol. The van der Waals surface area contributed by atoms with Crippen molar-refractivity contribution in [1.82, 2.24) is 5.32 Å². The van der Waals surface area contributed by atoms with Gasteiger partial charge in [-0.3, -0.25) is 10.1 Å².